The summed E-state index contributed by atoms with van der Waals surface area (Å²) in [5.41, 5.74) is 3.06. The third-order valence-electron chi connectivity index (χ3n) is 5.69. The van der Waals surface area contributed by atoms with Crippen LogP contribution in [0.15, 0.2) is 60.2 Å². The largest absolute Gasteiger partial charge is 0.490 e. The minimum absolute atomic E-state index is 0.243. The number of anilines is 1. The number of nitrogens with one attached hydrogen (secondary N) is 1. The number of rotatable bonds is 7. The number of benzene rings is 3. The molecule has 9 heteroatoms. The molecule has 190 valence electrons. The molecule has 0 saturated carbocycles. The Hall–Kier alpha value is -3.81. The van der Waals surface area contributed by atoms with E-state index < -0.39 is 17.8 Å². The number of imide groups is 2. The second kappa shape index (κ2) is 11.1. The second-order valence-corrected chi connectivity index (χ2v) is 9.20. The number of hydrogen-bond donors (Lipinski definition) is 1. The maximum Gasteiger partial charge on any atom is 0.335 e. The first-order valence-corrected chi connectivity index (χ1v) is 12.3. The van der Waals surface area contributed by atoms with Crippen LogP contribution in [0.3, 0.4) is 0 Å². The van der Waals surface area contributed by atoms with Crippen molar-refractivity contribution >= 4 is 52.8 Å². The van der Waals surface area contributed by atoms with Crippen molar-refractivity contribution in [1.82, 2.24) is 5.32 Å². The van der Waals surface area contributed by atoms with Crippen LogP contribution >= 0.6 is 23.2 Å². The fourth-order valence-electron chi connectivity index (χ4n) is 3.91. The summed E-state index contributed by atoms with van der Waals surface area (Å²) in [4.78, 5) is 39.4. The van der Waals surface area contributed by atoms with Gasteiger partial charge >= 0.3 is 6.03 Å². The Kier molecular flexibility index (Phi) is 7.86. The number of barbiturate groups is 1. The molecule has 4 amide bonds. The molecule has 3 aromatic carbocycles. The van der Waals surface area contributed by atoms with Crippen LogP contribution in [0, 0.1) is 13.8 Å². The topological polar surface area (TPSA) is 84.9 Å². The van der Waals surface area contributed by atoms with Crippen LogP contribution in [-0.4, -0.2) is 24.5 Å². The summed E-state index contributed by atoms with van der Waals surface area (Å²) < 4.78 is 11.7. The van der Waals surface area contributed by atoms with Gasteiger partial charge in [0.2, 0.25) is 0 Å². The van der Waals surface area contributed by atoms with Gasteiger partial charge in [-0.2, -0.15) is 0 Å². The van der Waals surface area contributed by atoms with Crippen molar-refractivity contribution in [3.63, 3.8) is 0 Å². The standard InChI is InChI=1S/C28H24Cl2N2O5/c1-4-36-24-14-19(13-22(30)25(24)37-15-18-8-5-7-16(2)11-18)12-20-26(33)31-28(35)32(27(20)34)23-10-6-9-21(29)17(23)3/h5-14H,4,15H2,1-3H3,(H,31,33,35)/b20-12+. The van der Waals surface area contributed by atoms with E-state index in [9.17, 15) is 14.4 Å². The number of halogens is 2. The van der Waals surface area contributed by atoms with Gasteiger partial charge in [-0.05, 0) is 67.8 Å². The molecule has 0 aromatic heterocycles. The Bertz CT molecular complexity index is 1430. The lowest BCUT2D eigenvalue weighted by Gasteiger charge is -2.27. The Balaban J connectivity index is 1.68. The van der Waals surface area contributed by atoms with E-state index in [0.29, 0.717) is 34.3 Å². The van der Waals surface area contributed by atoms with Gasteiger partial charge in [-0.25, -0.2) is 9.69 Å². The van der Waals surface area contributed by atoms with E-state index in [4.69, 9.17) is 32.7 Å². The van der Waals surface area contributed by atoms with E-state index in [2.05, 4.69) is 5.32 Å². The number of nitrogens with zero attached hydrogens (tertiary/aromatic N) is 1. The van der Waals surface area contributed by atoms with Gasteiger partial charge < -0.3 is 9.47 Å². The number of carbonyl (C=O) groups excluding carboxylic acids is 3. The summed E-state index contributed by atoms with van der Waals surface area (Å²) in [6.45, 7) is 6.11. The minimum atomic E-state index is -0.856. The SMILES string of the molecule is CCOc1cc(/C=C2\C(=O)NC(=O)N(c3cccc(Cl)c3C)C2=O)cc(Cl)c1OCc1cccc(C)c1. The molecule has 3 aromatic rings. The van der Waals surface area contributed by atoms with Crippen molar-refractivity contribution in [2.45, 2.75) is 27.4 Å². The van der Waals surface area contributed by atoms with Crippen molar-refractivity contribution in [2.75, 3.05) is 11.5 Å². The highest BCUT2D eigenvalue weighted by molar-refractivity contribution is 6.40. The van der Waals surface area contributed by atoms with Gasteiger partial charge in [0.15, 0.2) is 11.5 Å². The normalized spacial score (nSPS) is 14.7. The fourth-order valence-corrected chi connectivity index (χ4v) is 4.36. The third kappa shape index (κ3) is 5.63. The molecule has 0 radical (unpaired) electrons. The average molecular weight is 539 g/mol. The highest BCUT2D eigenvalue weighted by Gasteiger charge is 2.37. The number of hydrogen-bond acceptors (Lipinski definition) is 5. The Morgan fingerprint density at radius 3 is 2.43 bits per heavy atom. The molecule has 1 aliphatic heterocycles. The molecule has 0 bridgehead atoms. The average Bonchev–Trinajstić information content (AvgIpc) is 2.84. The molecule has 0 atom stereocenters. The maximum atomic E-state index is 13.3. The smallest absolute Gasteiger partial charge is 0.335 e. The molecule has 0 spiro atoms. The van der Waals surface area contributed by atoms with Crippen LogP contribution in [0.5, 0.6) is 11.5 Å². The maximum absolute atomic E-state index is 13.3. The highest BCUT2D eigenvalue weighted by Crippen LogP contribution is 2.38. The van der Waals surface area contributed by atoms with Crippen molar-refractivity contribution in [2.24, 2.45) is 0 Å². The van der Waals surface area contributed by atoms with Crippen molar-refractivity contribution in [3.8, 4) is 11.5 Å². The minimum Gasteiger partial charge on any atom is -0.490 e. The molecule has 1 aliphatic rings. The molecule has 37 heavy (non-hydrogen) atoms. The van der Waals surface area contributed by atoms with E-state index in [1.54, 1.807) is 37.3 Å². The van der Waals surface area contributed by atoms with Crippen LogP contribution in [0.4, 0.5) is 10.5 Å². The summed E-state index contributed by atoms with van der Waals surface area (Å²) in [5.74, 6) is -0.900. The van der Waals surface area contributed by atoms with Crippen LogP contribution in [0.2, 0.25) is 10.0 Å². The van der Waals surface area contributed by atoms with Gasteiger partial charge in [-0.1, -0.05) is 59.1 Å². The molecule has 1 saturated heterocycles. The van der Waals surface area contributed by atoms with Gasteiger partial charge in [0.05, 0.1) is 17.3 Å². The molecule has 1 N–H and O–H groups in total. The van der Waals surface area contributed by atoms with Crippen LogP contribution in [0.1, 0.15) is 29.2 Å². The third-order valence-corrected chi connectivity index (χ3v) is 6.38. The fraction of sp³-hybridized carbons (Fsp3) is 0.179. The summed E-state index contributed by atoms with van der Waals surface area (Å²) >= 11 is 12.7. The molecular formula is C28H24Cl2N2O5. The van der Waals surface area contributed by atoms with Gasteiger partial charge in [0.1, 0.15) is 12.2 Å². The highest BCUT2D eigenvalue weighted by atomic mass is 35.5. The zero-order valence-corrected chi connectivity index (χ0v) is 21.9. The van der Waals surface area contributed by atoms with E-state index in [1.807, 2.05) is 38.1 Å². The molecule has 1 fully saturated rings. The van der Waals surface area contributed by atoms with E-state index in [-0.39, 0.29) is 22.9 Å². The predicted octanol–water partition coefficient (Wildman–Crippen LogP) is 6.25. The van der Waals surface area contributed by atoms with Gasteiger partial charge in [-0.3, -0.25) is 14.9 Å². The lowest BCUT2D eigenvalue weighted by atomic mass is 10.1. The van der Waals surface area contributed by atoms with Crippen LogP contribution in [0.25, 0.3) is 6.08 Å². The van der Waals surface area contributed by atoms with Crippen molar-refractivity contribution in [1.29, 1.82) is 0 Å². The van der Waals surface area contributed by atoms with E-state index in [1.165, 1.54) is 6.08 Å². The first kappa shape index (κ1) is 26.3. The molecule has 0 unspecified atom stereocenters. The molecule has 7 nitrogen and oxygen atoms in total. The van der Waals surface area contributed by atoms with Gasteiger partial charge in [0, 0.05) is 5.02 Å². The summed E-state index contributed by atoms with van der Waals surface area (Å²) in [5, 5.41) is 2.84. The Morgan fingerprint density at radius 2 is 1.70 bits per heavy atom. The number of urea groups is 1. The predicted molar refractivity (Wildman–Crippen MR) is 143 cm³/mol. The summed E-state index contributed by atoms with van der Waals surface area (Å²) in [6.07, 6.45) is 1.36. The lowest BCUT2D eigenvalue weighted by Crippen LogP contribution is -2.54. The summed E-state index contributed by atoms with van der Waals surface area (Å²) in [7, 11) is 0. The van der Waals surface area contributed by atoms with Gasteiger partial charge in [-0.15, -0.1) is 0 Å². The van der Waals surface area contributed by atoms with Crippen molar-refractivity contribution in [3.05, 3.63) is 92.5 Å². The number of ether oxygens (including phenoxy) is 2. The van der Waals surface area contributed by atoms with E-state index in [0.717, 1.165) is 16.0 Å². The van der Waals surface area contributed by atoms with Crippen LogP contribution in [-0.2, 0) is 16.2 Å². The quantitative estimate of drug-likeness (QED) is 0.283. The summed E-state index contributed by atoms with van der Waals surface area (Å²) in [6, 6.07) is 15.1. The lowest BCUT2D eigenvalue weighted by molar-refractivity contribution is -0.122. The number of carbonyl (C=O) groups is 3. The molecular weight excluding hydrogens is 515 g/mol. The Labute approximate surface area is 224 Å². The first-order chi connectivity index (χ1) is 17.7. The van der Waals surface area contributed by atoms with Gasteiger partial charge in [0.25, 0.3) is 11.8 Å². The van der Waals surface area contributed by atoms with E-state index >= 15 is 0 Å². The van der Waals surface area contributed by atoms with Crippen LogP contribution < -0.4 is 19.7 Å². The van der Waals surface area contributed by atoms with Crippen molar-refractivity contribution < 1.29 is 23.9 Å². The zero-order chi connectivity index (χ0) is 26.7. The monoisotopic (exact) mass is 538 g/mol. The molecule has 1 heterocycles. The Morgan fingerprint density at radius 1 is 0.946 bits per heavy atom. The zero-order valence-electron chi connectivity index (χ0n) is 20.4. The second-order valence-electron chi connectivity index (χ2n) is 8.38. The molecule has 4 rings (SSSR count). The number of amides is 4. The molecule has 0 aliphatic carbocycles. The number of aryl methyl sites for hydroxylation is 1. The first-order valence-electron chi connectivity index (χ1n) is 11.5.